The van der Waals surface area contributed by atoms with Gasteiger partial charge in [-0.05, 0) is 25.7 Å². The zero-order chi connectivity index (χ0) is 14.8. The van der Waals surface area contributed by atoms with Crippen LogP contribution in [0.3, 0.4) is 0 Å². The summed E-state index contributed by atoms with van der Waals surface area (Å²) in [6.07, 6.45) is 4.48. The van der Waals surface area contributed by atoms with Gasteiger partial charge < -0.3 is 20.0 Å². The average Bonchev–Trinajstić information content (AvgIpc) is 2.47. The maximum Gasteiger partial charge on any atom is 0.227 e. The summed E-state index contributed by atoms with van der Waals surface area (Å²) in [5, 5.41) is 20.1. The lowest BCUT2D eigenvalue weighted by molar-refractivity contribution is 0.153. The van der Waals surface area contributed by atoms with Gasteiger partial charge in [-0.25, -0.2) is 4.98 Å². The smallest absolute Gasteiger partial charge is 0.227 e. The molecule has 21 heavy (non-hydrogen) atoms. The number of hydrogen-bond donors (Lipinski definition) is 2. The van der Waals surface area contributed by atoms with E-state index in [0.29, 0.717) is 29.9 Å². The Balaban J connectivity index is 1.82. The lowest BCUT2D eigenvalue weighted by atomic mass is 10.1. The highest BCUT2D eigenvalue weighted by molar-refractivity contribution is 6.32. The van der Waals surface area contributed by atoms with Gasteiger partial charge in [0.05, 0.1) is 18.4 Å². The van der Waals surface area contributed by atoms with Crippen molar-refractivity contribution in [3.8, 4) is 0 Å². The number of aliphatic hydroxyl groups excluding tert-OH is 2. The molecular formula is C14H21ClN4O2. The quantitative estimate of drug-likeness (QED) is 0.850. The molecule has 2 unspecified atom stereocenters. The molecule has 2 aliphatic heterocycles. The number of aromatic nitrogens is 2. The second kappa shape index (κ2) is 6.34. The molecule has 2 saturated heterocycles. The molecule has 0 spiro atoms. The lowest BCUT2D eigenvalue weighted by Gasteiger charge is -2.33. The van der Waals surface area contributed by atoms with E-state index >= 15 is 0 Å². The molecule has 0 aromatic carbocycles. The van der Waals surface area contributed by atoms with Gasteiger partial charge in [0.15, 0.2) is 5.82 Å². The third kappa shape index (κ3) is 3.39. The first-order chi connectivity index (χ1) is 10.1. The highest BCUT2D eigenvalue weighted by Crippen LogP contribution is 2.28. The van der Waals surface area contributed by atoms with E-state index in [9.17, 15) is 10.2 Å². The molecule has 2 fully saturated rings. The van der Waals surface area contributed by atoms with Crippen LogP contribution in [-0.2, 0) is 0 Å². The minimum atomic E-state index is -0.329. The molecule has 3 rings (SSSR count). The van der Waals surface area contributed by atoms with Crippen LogP contribution < -0.4 is 9.80 Å². The Morgan fingerprint density at radius 1 is 1.05 bits per heavy atom. The monoisotopic (exact) mass is 312 g/mol. The van der Waals surface area contributed by atoms with Crippen molar-refractivity contribution in [3.05, 3.63) is 11.2 Å². The zero-order valence-corrected chi connectivity index (χ0v) is 12.7. The number of β-amino-alcohol motifs (C(OH)–C–C–N with tert-alkyl or cyclic N) is 2. The summed E-state index contributed by atoms with van der Waals surface area (Å²) in [4.78, 5) is 12.9. The van der Waals surface area contributed by atoms with Gasteiger partial charge in [0.25, 0.3) is 0 Å². The van der Waals surface area contributed by atoms with Gasteiger partial charge in [0, 0.05) is 26.2 Å². The maximum atomic E-state index is 9.81. The number of aliphatic hydroxyl groups is 2. The molecule has 0 amide bonds. The van der Waals surface area contributed by atoms with E-state index in [1.165, 1.54) is 0 Å². The van der Waals surface area contributed by atoms with E-state index in [4.69, 9.17) is 11.6 Å². The summed E-state index contributed by atoms with van der Waals surface area (Å²) < 4.78 is 0. The van der Waals surface area contributed by atoms with Gasteiger partial charge in [-0.1, -0.05) is 11.6 Å². The largest absolute Gasteiger partial charge is 0.391 e. The third-order valence-electron chi connectivity index (χ3n) is 4.09. The molecule has 0 saturated carbocycles. The first kappa shape index (κ1) is 14.8. The van der Waals surface area contributed by atoms with Crippen LogP contribution in [0.25, 0.3) is 0 Å². The van der Waals surface area contributed by atoms with Crippen LogP contribution in [0.5, 0.6) is 0 Å². The van der Waals surface area contributed by atoms with Crippen molar-refractivity contribution in [2.45, 2.75) is 37.9 Å². The van der Waals surface area contributed by atoms with Crippen LogP contribution in [0.15, 0.2) is 6.20 Å². The molecule has 3 heterocycles. The van der Waals surface area contributed by atoms with Crippen molar-refractivity contribution >= 4 is 23.4 Å². The van der Waals surface area contributed by atoms with Gasteiger partial charge in [-0.3, -0.25) is 0 Å². The number of rotatable bonds is 2. The second-order valence-corrected chi connectivity index (χ2v) is 6.23. The van der Waals surface area contributed by atoms with Crippen LogP contribution >= 0.6 is 11.6 Å². The van der Waals surface area contributed by atoms with Crippen LogP contribution in [-0.4, -0.2) is 58.6 Å². The minimum Gasteiger partial charge on any atom is -0.391 e. The molecule has 1 aromatic heterocycles. The number of anilines is 2. The van der Waals surface area contributed by atoms with Gasteiger partial charge in [-0.15, -0.1) is 0 Å². The fourth-order valence-corrected chi connectivity index (χ4v) is 3.22. The SMILES string of the molecule is OC1CCCN(c2ncc(Cl)c(N3CCCC(O)C3)n2)C1. The highest BCUT2D eigenvalue weighted by Gasteiger charge is 2.24. The summed E-state index contributed by atoms with van der Waals surface area (Å²) in [6.45, 7) is 2.80. The Labute approximate surface area is 129 Å². The molecular weight excluding hydrogens is 292 g/mol. The molecule has 2 atom stereocenters. The fourth-order valence-electron chi connectivity index (χ4n) is 3.01. The maximum absolute atomic E-state index is 9.81. The molecule has 0 radical (unpaired) electrons. The summed E-state index contributed by atoms with van der Waals surface area (Å²) in [6, 6.07) is 0. The van der Waals surface area contributed by atoms with Crippen LogP contribution in [0.4, 0.5) is 11.8 Å². The number of piperidine rings is 2. The first-order valence-corrected chi connectivity index (χ1v) is 7.90. The molecule has 0 aliphatic carbocycles. The van der Waals surface area contributed by atoms with E-state index in [1.807, 2.05) is 9.80 Å². The number of halogens is 1. The normalized spacial score (nSPS) is 27.0. The molecule has 2 aliphatic rings. The standard InChI is InChI=1S/C14H21ClN4O2/c15-12-7-16-14(19-6-2-4-11(21)9-19)17-13(12)18-5-1-3-10(20)8-18/h7,10-11,20-21H,1-6,8-9H2. The summed E-state index contributed by atoms with van der Waals surface area (Å²) in [7, 11) is 0. The van der Waals surface area contributed by atoms with Crippen molar-refractivity contribution < 1.29 is 10.2 Å². The first-order valence-electron chi connectivity index (χ1n) is 7.52. The van der Waals surface area contributed by atoms with Gasteiger partial charge >= 0.3 is 0 Å². The van der Waals surface area contributed by atoms with Crippen molar-refractivity contribution in [1.29, 1.82) is 0 Å². The van der Waals surface area contributed by atoms with E-state index in [0.717, 1.165) is 38.8 Å². The Bertz CT molecular complexity index is 502. The lowest BCUT2D eigenvalue weighted by Crippen LogP contribution is -2.41. The predicted octanol–water partition coefficient (Wildman–Crippen LogP) is 1.05. The molecule has 6 nitrogen and oxygen atoms in total. The van der Waals surface area contributed by atoms with Gasteiger partial charge in [-0.2, -0.15) is 4.98 Å². The van der Waals surface area contributed by atoms with Crippen LogP contribution in [0, 0.1) is 0 Å². The topological polar surface area (TPSA) is 72.7 Å². The summed E-state index contributed by atoms with van der Waals surface area (Å²) in [5.74, 6) is 1.29. The van der Waals surface area contributed by atoms with E-state index in [1.54, 1.807) is 6.20 Å². The number of nitrogens with zero attached hydrogens (tertiary/aromatic N) is 4. The van der Waals surface area contributed by atoms with Crippen molar-refractivity contribution in [2.75, 3.05) is 36.0 Å². The Morgan fingerprint density at radius 3 is 2.33 bits per heavy atom. The van der Waals surface area contributed by atoms with Gasteiger partial charge in [0.1, 0.15) is 5.02 Å². The summed E-state index contributed by atoms with van der Waals surface area (Å²) >= 11 is 6.23. The summed E-state index contributed by atoms with van der Waals surface area (Å²) in [5.41, 5.74) is 0. The molecule has 0 bridgehead atoms. The Kier molecular flexibility index (Phi) is 4.47. The number of hydrogen-bond acceptors (Lipinski definition) is 6. The molecule has 7 heteroatoms. The van der Waals surface area contributed by atoms with E-state index in [-0.39, 0.29) is 12.2 Å². The Hall–Kier alpha value is -1.11. The minimum absolute atomic E-state index is 0.321. The molecule has 1 aromatic rings. The third-order valence-corrected chi connectivity index (χ3v) is 4.35. The van der Waals surface area contributed by atoms with Crippen LogP contribution in [0.2, 0.25) is 5.02 Å². The van der Waals surface area contributed by atoms with E-state index in [2.05, 4.69) is 9.97 Å². The highest BCUT2D eigenvalue weighted by atomic mass is 35.5. The van der Waals surface area contributed by atoms with Gasteiger partial charge in [0.2, 0.25) is 5.95 Å². The molecule has 116 valence electrons. The van der Waals surface area contributed by atoms with Crippen LogP contribution in [0.1, 0.15) is 25.7 Å². The second-order valence-electron chi connectivity index (χ2n) is 5.83. The molecule has 2 N–H and O–H groups in total. The fraction of sp³-hybridized carbons (Fsp3) is 0.714. The van der Waals surface area contributed by atoms with Crippen molar-refractivity contribution in [3.63, 3.8) is 0 Å². The Morgan fingerprint density at radius 2 is 1.67 bits per heavy atom. The predicted molar refractivity (Wildman–Crippen MR) is 81.9 cm³/mol. The zero-order valence-electron chi connectivity index (χ0n) is 12.0. The van der Waals surface area contributed by atoms with E-state index < -0.39 is 0 Å². The van der Waals surface area contributed by atoms with Crippen molar-refractivity contribution in [1.82, 2.24) is 9.97 Å². The average molecular weight is 313 g/mol. The van der Waals surface area contributed by atoms with Crippen molar-refractivity contribution in [2.24, 2.45) is 0 Å².